The van der Waals surface area contributed by atoms with E-state index in [1.807, 2.05) is 11.8 Å². The van der Waals surface area contributed by atoms with Gasteiger partial charge in [-0.25, -0.2) is 0 Å². The highest BCUT2D eigenvalue weighted by Crippen LogP contribution is 2.41. The maximum atomic E-state index is 12.3. The highest BCUT2D eigenvalue weighted by Gasteiger charge is 2.51. The maximum Gasteiger partial charge on any atom is 0.326 e. The molecule has 0 amide bonds. The molecule has 2 aliphatic rings. The van der Waals surface area contributed by atoms with Crippen molar-refractivity contribution in [1.82, 2.24) is 5.32 Å². The summed E-state index contributed by atoms with van der Waals surface area (Å²) in [5, 5.41) is 3.61. The number of rotatable bonds is 7. The normalized spacial score (nSPS) is 31.6. The topological polar surface area (TPSA) is 38.3 Å². The molecule has 4 heteroatoms. The maximum absolute atomic E-state index is 12.3. The Morgan fingerprint density at radius 3 is 2.83 bits per heavy atom. The number of thioether (sulfide) groups is 1. The second-order valence-electron chi connectivity index (χ2n) is 5.46. The van der Waals surface area contributed by atoms with Gasteiger partial charge in [-0.15, -0.1) is 0 Å². The van der Waals surface area contributed by atoms with Gasteiger partial charge in [0.15, 0.2) is 0 Å². The van der Waals surface area contributed by atoms with Crippen LogP contribution in [0.3, 0.4) is 0 Å². The average molecular weight is 271 g/mol. The fraction of sp³-hybridized carbons (Fsp3) is 0.929. The number of esters is 1. The van der Waals surface area contributed by atoms with Gasteiger partial charge in [-0.05, 0) is 49.5 Å². The first kappa shape index (κ1) is 14.2. The van der Waals surface area contributed by atoms with Gasteiger partial charge in [0.05, 0.1) is 7.11 Å². The van der Waals surface area contributed by atoms with Crippen LogP contribution >= 0.6 is 11.8 Å². The molecule has 0 radical (unpaired) electrons. The van der Waals surface area contributed by atoms with Crippen molar-refractivity contribution in [1.29, 1.82) is 0 Å². The van der Waals surface area contributed by atoms with Crippen molar-refractivity contribution < 1.29 is 9.53 Å². The van der Waals surface area contributed by atoms with Gasteiger partial charge in [0.2, 0.25) is 0 Å². The van der Waals surface area contributed by atoms with Crippen LogP contribution in [-0.4, -0.2) is 36.2 Å². The highest BCUT2D eigenvalue weighted by atomic mass is 32.2. The summed E-state index contributed by atoms with van der Waals surface area (Å²) in [6.45, 7) is 2.19. The number of ether oxygens (including phenoxy) is 1. The van der Waals surface area contributed by atoms with Gasteiger partial charge in [0, 0.05) is 6.04 Å². The Labute approximate surface area is 114 Å². The molecular weight excluding hydrogens is 246 g/mol. The molecule has 0 bridgehead atoms. The SMILES string of the molecule is CCSCCC1CCCC1(NC1CC1)C(=O)OC. The molecule has 104 valence electrons. The summed E-state index contributed by atoms with van der Waals surface area (Å²) >= 11 is 1.97. The quantitative estimate of drug-likeness (QED) is 0.570. The molecule has 18 heavy (non-hydrogen) atoms. The standard InChI is InChI=1S/C14H25NO2S/c1-3-18-10-8-11-5-4-9-14(11,13(16)17-2)15-12-6-7-12/h11-12,15H,3-10H2,1-2H3. The predicted octanol–water partition coefficient (Wildman–Crippen LogP) is 2.59. The smallest absolute Gasteiger partial charge is 0.326 e. The number of hydrogen-bond acceptors (Lipinski definition) is 4. The lowest BCUT2D eigenvalue weighted by Gasteiger charge is -2.34. The Kier molecular flexibility index (Phi) is 4.96. The molecule has 1 N–H and O–H groups in total. The number of methoxy groups -OCH3 is 1. The minimum atomic E-state index is -0.371. The number of carbonyl (C=O) groups is 1. The van der Waals surface area contributed by atoms with Crippen LogP contribution in [0.2, 0.25) is 0 Å². The molecule has 0 spiro atoms. The van der Waals surface area contributed by atoms with E-state index in [0.717, 1.165) is 30.8 Å². The fourth-order valence-electron chi connectivity index (χ4n) is 3.13. The lowest BCUT2D eigenvalue weighted by atomic mass is 9.84. The summed E-state index contributed by atoms with van der Waals surface area (Å²) in [5.74, 6) is 2.75. The summed E-state index contributed by atoms with van der Waals surface area (Å²) in [6.07, 6.45) is 6.84. The second kappa shape index (κ2) is 6.29. The Bertz CT molecular complexity index is 294. The van der Waals surface area contributed by atoms with E-state index >= 15 is 0 Å². The zero-order chi connectivity index (χ0) is 13.0. The molecule has 0 aromatic heterocycles. The summed E-state index contributed by atoms with van der Waals surface area (Å²) in [6, 6.07) is 0.559. The van der Waals surface area contributed by atoms with Crippen molar-refractivity contribution in [2.45, 2.75) is 57.0 Å². The Morgan fingerprint density at radius 1 is 1.44 bits per heavy atom. The van der Waals surface area contributed by atoms with E-state index in [2.05, 4.69) is 12.2 Å². The number of nitrogens with one attached hydrogen (secondary N) is 1. The van der Waals surface area contributed by atoms with Crippen LogP contribution in [0.4, 0.5) is 0 Å². The van der Waals surface area contributed by atoms with E-state index in [-0.39, 0.29) is 11.5 Å². The summed E-state index contributed by atoms with van der Waals surface area (Å²) in [5.41, 5.74) is -0.371. The minimum Gasteiger partial charge on any atom is -0.468 e. The van der Waals surface area contributed by atoms with E-state index in [1.54, 1.807) is 0 Å². The molecule has 2 fully saturated rings. The zero-order valence-electron chi connectivity index (χ0n) is 11.5. The first-order chi connectivity index (χ1) is 8.73. The highest BCUT2D eigenvalue weighted by molar-refractivity contribution is 7.99. The van der Waals surface area contributed by atoms with Crippen molar-refractivity contribution >= 4 is 17.7 Å². The van der Waals surface area contributed by atoms with E-state index in [0.29, 0.717) is 12.0 Å². The first-order valence-corrected chi connectivity index (χ1v) is 8.32. The van der Waals surface area contributed by atoms with Crippen LogP contribution in [0.25, 0.3) is 0 Å². The third-order valence-electron chi connectivity index (χ3n) is 4.22. The Morgan fingerprint density at radius 2 is 2.22 bits per heavy atom. The van der Waals surface area contributed by atoms with E-state index in [9.17, 15) is 4.79 Å². The molecule has 3 nitrogen and oxygen atoms in total. The van der Waals surface area contributed by atoms with E-state index < -0.39 is 0 Å². The summed E-state index contributed by atoms with van der Waals surface area (Å²) < 4.78 is 5.09. The van der Waals surface area contributed by atoms with E-state index in [1.165, 1.54) is 26.4 Å². The van der Waals surface area contributed by atoms with E-state index in [4.69, 9.17) is 4.74 Å². The van der Waals surface area contributed by atoms with Gasteiger partial charge in [-0.3, -0.25) is 10.1 Å². The van der Waals surface area contributed by atoms with Crippen LogP contribution in [0.15, 0.2) is 0 Å². The van der Waals surface area contributed by atoms with Crippen LogP contribution in [0.1, 0.15) is 45.4 Å². The number of hydrogen-bond donors (Lipinski definition) is 1. The molecule has 0 aromatic rings. The molecule has 0 aliphatic heterocycles. The van der Waals surface area contributed by atoms with Crippen molar-refractivity contribution in [3.05, 3.63) is 0 Å². The van der Waals surface area contributed by atoms with Crippen LogP contribution in [0.5, 0.6) is 0 Å². The van der Waals surface area contributed by atoms with Gasteiger partial charge in [0.25, 0.3) is 0 Å². The summed E-state index contributed by atoms with van der Waals surface area (Å²) in [7, 11) is 1.52. The first-order valence-electron chi connectivity index (χ1n) is 7.16. The molecule has 2 saturated carbocycles. The second-order valence-corrected chi connectivity index (χ2v) is 6.85. The van der Waals surface area contributed by atoms with Crippen LogP contribution in [0, 0.1) is 5.92 Å². The van der Waals surface area contributed by atoms with Crippen molar-refractivity contribution in [3.8, 4) is 0 Å². The molecule has 0 saturated heterocycles. The molecule has 2 rings (SSSR count). The predicted molar refractivity (Wildman–Crippen MR) is 75.9 cm³/mol. The van der Waals surface area contributed by atoms with Gasteiger partial charge in [0.1, 0.15) is 5.54 Å². The third-order valence-corrected chi connectivity index (χ3v) is 5.16. The summed E-state index contributed by atoms with van der Waals surface area (Å²) in [4.78, 5) is 12.3. The van der Waals surface area contributed by atoms with Crippen molar-refractivity contribution in [2.75, 3.05) is 18.6 Å². The van der Waals surface area contributed by atoms with Crippen molar-refractivity contribution in [3.63, 3.8) is 0 Å². The lowest BCUT2D eigenvalue weighted by Crippen LogP contribution is -2.56. The molecular formula is C14H25NO2S. The monoisotopic (exact) mass is 271 g/mol. The molecule has 0 aromatic carbocycles. The van der Waals surface area contributed by atoms with Crippen LogP contribution < -0.4 is 5.32 Å². The molecule has 2 unspecified atom stereocenters. The molecule has 0 heterocycles. The zero-order valence-corrected chi connectivity index (χ0v) is 12.4. The largest absolute Gasteiger partial charge is 0.468 e. The van der Waals surface area contributed by atoms with Gasteiger partial charge in [-0.1, -0.05) is 13.3 Å². The third kappa shape index (κ3) is 3.02. The lowest BCUT2D eigenvalue weighted by molar-refractivity contribution is -0.150. The number of carbonyl (C=O) groups excluding carboxylic acids is 1. The Hall–Kier alpha value is -0.220. The van der Waals surface area contributed by atoms with Crippen LogP contribution in [-0.2, 0) is 9.53 Å². The molecule has 2 atom stereocenters. The van der Waals surface area contributed by atoms with Gasteiger partial charge in [-0.2, -0.15) is 11.8 Å². The average Bonchev–Trinajstić information content (AvgIpc) is 3.10. The fourth-order valence-corrected chi connectivity index (χ4v) is 3.87. The Balaban J connectivity index is 2.02. The van der Waals surface area contributed by atoms with Gasteiger partial charge < -0.3 is 4.74 Å². The molecule has 2 aliphatic carbocycles. The van der Waals surface area contributed by atoms with Gasteiger partial charge >= 0.3 is 5.97 Å². The van der Waals surface area contributed by atoms with Crippen molar-refractivity contribution in [2.24, 2.45) is 5.92 Å². The minimum absolute atomic E-state index is 0.0293.